The zero-order valence-corrected chi connectivity index (χ0v) is 19.7. The Morgan fingerprint density at radius 1 is 1.09 bits per heavy atom. The van der Waals surface area contributed by atoms with Gasteiger partial charge in [0.05, 0.1) is 30.8 Å². The second kappa shape index (κ2) is 9.88. The van der Waals surface area contributed by atoms with Crippen LogP contribution in [0.5, 0.6) is 17.2 Å². The topological polar surface area (TPSA) is 134 Å². The van der Waals surface area contributed by atoms with E-state index >= 15 is 0 Å². The third-order valence-corrected chi connectivity index (χ3v) is 6.28. The molecule has 10 heteroatoms. The number of aromatic nitrogens is 2. The van der Waals surface area contributed by atoms with Crippen molar-refractivity contribution < 1.29 is 28.1 Å². The van der Waals surface area contributed by atoms with Gasteiger partial charge in [0.25, 0.3) is 0 Å². The molecular formula is C24H27N3O6S. The maximum Gasteiger partial charge on any atom is 0.192 e. The average molecular weight is 486 g/mol. The fourth-order valence-electron chi connectivity index (χ4n) is 3.52. The van der Waals surface area contributed by atoms with Crippen LogP contribution in [0.1, 0.15) is 12.6 Å². The largest absolute Gasteiger partial charge is 0.488 e. The van der Waals surface area contributed by atoms with Crippen LogP contribution in [0.3, 0.4) is 0 Å². The second-order valence-corrected chi connectivity index (χ2v) is 10.2. The van der Waals surface area contributed by atoms with Gasteiger partial charge in [0.15, 0.2) is 14.9 Å². The maximum atomic E-state index is 11.6. The van der Waals surface area contributed by atoms with E-state index < -0.39 is 15.9 Å². The van der Waals surface area contributed by atoms with Crippen molar-refractivity contribution in [2.24, 2.45) is 5.92 Å². The molecule has 0 radical (unpaired) electrons. The fourth-order valence-corrected chi connectivity index (χ4v) is 4.08. The van der Waals surface area contributed by atoms with E-state index in [0.717, 1.165) is 28.9 Å². The van der Waals surface area contributed by atoms with Crippen LogP contribution in [0.2, 0.25) is 0 Å². The van der Waals surface area contributed by atoms with Gasteiger partial charge < -0.3 is 30.0 Å². The lowest BCUT2D eigenvalue weighted by atomic mass is 10.1. The van der Waals surface area contributed by atoms with Crippen LogP contribution in [-0.2, 0) is 9.84 Å². The van der Waals surface area contributed by atoms with Crippen LogP contribution in [0.4, 0.5) is 0 Å². The van der Waals surface area contributed by atoms with E-state index in [2.05, 4.69) is 15.3 Å². The molecule has 0 saturated carbocycles. The minimum absolute atomic E-state index is 0.0356. The first-order chi connectivity index (χ1) is 16.2. The zero-order valence-electron chi connectivity index (χ0n) is 18.9. The summed E-state index contributed by atoms with van der Waals surface area (Å²) < 4.78 is 35.0. The highest BCUT2D eigenvalue weighted by atomic mass is 32.2. The predicted octanol–water partition coefficient (Wildman–Crippen LogP) is 2.58. The normalized spacial score (nSPS) is 16.6. The summed E-state index contributed by atoms with van der Waals surface area (Å²) in [7, 11) is -3.41. The summed E-state index contributed by atoms with van der Waals surface area (Å²) in [6.45, 7) is 2.39. The molecule has 2 atom stereocenters. The van der Waals surface area contributed by atoms with Crippen LogP contribution in [0.25, 0.3) is 17.0 Å². The highest BCUT2D eigenvalue weighted by Crippen LogP contribution is 2.33. The average Bonchev–Trinajstić information content (AvgIpc) is 3.48. The highest BCUT2D eigenvalue weighted by Gasteiger charge is 2.17. The van der Waals surface area contributed by atoms with Crippen LogP contribution in [0.15, 0.2) is 59.8 Å². The predicted molar refractivity (Wildman–Crippen MR) is 127 cm³/mol. The van der Waals surface area contributed by atoms with Crippen molar-refractivity contribution in [2.75, 3.05) is 26.0 Å². The first-order valence-corrected chi connectivity index (χ1v) is 12.7. The molecule has 0 amide bonds. The molecule has 9 nitrogen and oxygen atoms in total. The van der Waals surface area contributed by atoms with Crippen LogP contribution >= 0.6 is 0 Å². The van der Waals surface area contributed by atoms with Gasteiger partial charge in [-0.3, -0.25) is 0 Å². The van der Waals surface area contributed by atoms with Crippen molar-refractivity contribution in [2.45, 2.75) is 18.1 Å². The molecule has 1 aliphatic heterocycles. The van der Waals surface area contributed by atoms with Gasteiger partial charge in [-0.25, -0.2) is 13.4 Å². The van der Waals surface area contributed by atoms with E-state index in [1.54, 1.807) is 13.0 Å². The maximum absolute atomic E-state index is 11.6. The number of hydrogen-bond acceptors (Lipinski definition) is 8. The van der Waals surface area contributed by atoms with Crippen molar-refractivity contribution in [1.82, 2.24) is 15.3 Å². The van der Waals surface area contributed by atoms with E-state index in [1.165, 1.54) is 18.3 Å². The first-order valence-electron chi connectivity index (χ1n) is 10.8. The van der Waals surface area contributed by atoms with Crippen molar-refractivity contribution in [3.8, 4) is 28.5 Å². The van der Waals surface area contributed by atoms with Gasteiger partial charge in [0.1, 0.15) is 23.4 Å². The lowest BCUT2D eigenvalue weighted by molar-refractivity contribution is 0.129. The Morgan fingerprint density at radius 3 is 2.50 bits per heavy atom. The summed E-state index contributed by atoms with van der Waals surface area (Å²) in [6.07, 6.45) is 4.03. The van der Waals surface area contributed by atoms with E-state index in [4.69, 9.17) is 9.47 Å². The number of sulfone groups is 1. The first kappa shape index (κ1) is 23.8. The van der Waals surface area contributed by atoms with Crippen LogP contribution < -0.4 is 14.8 Å². The molecule has 180 valence electrons. The number of hydrogen-bond donors (Lipinski definition) is 4. The van der Waals surface area contributed by atoms with Crippen LogP contribution in [-0.4, -0.2) is 60.7 Å². The molecule has 3 aromatic rings. The molecule has 0 bridgehead atoms. The van der Waals surface area contributed by atoms with Crippen molar-refractivity contribution in [3.63, 3.8) is 0 Å². The van der Waals surface area contributed by atoms with Crippen molar-refractivity contribution in [1.29, 1.82) is 0 Å². The number of H-pyrrole nitrogens is 1. The van der Waals surface area contributed by atoms with Crippen molar-refractivity contribution in [3.05, 3.63) is 60.4 Å². The highest BCUT2D eigenvalue weighted by molar-refractivity contribution is 7.90. The minimum Gasteiger partial charge on any atom is -0.488 e. The summed E-state index contributed by atoms with van der Waals surface area (Å²) in [5.74, 6) is 1.42. The van der Waals surface area contributed by atoms with E-state index in [-0.39, 0.29) is 24.2 Å². The van der Waals surface area contributed by atoms with E-state index in [9.17, 15) is 18.6 Å². The molecule has 0 aliphatic carbocycles. The Labute approximate surface area is 198 Å². The Kier molecular flexibility index (Phi) is 6.92. The molecule has 34 heavy (non-hydrogen) atoms. The standard InChI is InChI=1S/C24H27N3O6S/c1-15(13-28)32-19-8-17(21-4-5-22(27-21)23-7-16(14-29)11-25-23)9-20(10-19)33-18-3-6-24(26-12-18)34(2,30)31/h3-10,12,15-16,25,27-29H,11,13-14H2,1-2H3/t15-,16+/m0/s1. The van der Waals surface area contributed by atoms with Gasteiger partial charge in [-0.1, -0.05) is 6.08 Å². The summed E-state index contributed by atoms with van der Waals surface area (Å²) in [5, 5.41) is 22.0. The number of benzene rings is 1. The number of rotatable bonds is 9. The summed E-state index contributed by atoms with van der Waals surface area (Å²) in [4.78, 5) is 7.33. The number of nitrogens with one attached hydrogen (secondary N) is 2. The zero-order chi connectivity index (χ0) is 24.3. The second-order valence-electron chi connectivity index (χ2n) is 8.20. The molecular weight excluding hydrogens is 458 g/mol. The number of nitrogens with zero attached hydrogens (tertiary/aromatic N) is 1. The molecule has 3 heterocycles. The van der Waals surface area contributed by atoms with E-state index in [0.29, 0.717) is 23.8 Å². The molecule has 4 N–H and O–H groups in total. The van der Waals surface area contributed by atoms with Gasteiger partial charge in [0, 0.05) is 36.0 Å². The lowest BCUT2D eigenvalue weighted by Crippen LogP contribution is -2.16. The monoisotopic (exact) mass is 485 g/mol. The third kappa shape index (κ3) is 5.58. The lowest BCUT2D eigenvalue weighted by Gasteiger charge is -2.15. The number of aromatic amines is 1. The summed E-state index contributed by atoms with van der Waals surface area (Å²) >= 11 is 0. The number of pyridine rings is 1. The van der Waals surface area contributed by atoms with Gasteiger partial charge >= 0.3 is 0 Å². The van der Waals surface area contributed by atoms with Gasteiger partial charge in [-0.2, -0.15) is 0 Å². The third-order valence-electron chi connectivity index (χ3n) is 5.28. The van der Waals surface area contributed by atoms with Gasteiger partial charge in [-0.05, 0) is 43.3 Å². The molecule has 2 aromatic heterocycles. The van der Waals surface area contributed by atoms with E-state index in [1.807, 2.05) is 30.3 Å². The molecule has 1 aliphatic rings. The fraction of sp³-hybridized carbons (Fsp3) is 0.292. The smallest absolute Gasteiger partial charge is 0.192 e. The molecule has 1 aromatic carbocycles. The van der Waals surface area contributed by atoms with Crippen LogP contribution in [0, 0.1) is 5.92 Å². The molecule has 4 rings (SSSR count). The molecule has 0 unspecified atom stereocenters. The summed E-state index contributed by atoms with van der Waals surface area (Å²) in [5.41, 5.74) is 3.44. The molecule has 0 fully saturated rings. The Balaban J connectivity index is 1.64. The Hall–Kier alpha value is -3.34. The van der Waals surface area contributed by atoms with Gasteiger partial charge in [0.2, 0.25) is 0 Å². The number of aliphatic hydroxyl groups is 2. The quantitative estimate of drug-likeness (QED) is 0.363. The number of aliphatic hydroxyl groups excluding tert-OH is 2. The Morgan fingerprint density at radius 2 is 1.85 bits per heavy atom. The Bertz CT molecular complexity index is 1280. The number of ether oxygens (including phenoxy) is 2. The molecule has 0 saturated heterocycles. The summed E-state index contributed by atoms with van der Waals surface area (Å²) in [6, 6.07) is 12.2. The molecule has 0 spiro atoms. The van der Waals surface area contributed by atoms with Crippen molar-refractivity contribution >= 4 is 15.5 Å². The SMILES string of the molecule is C[C@@H](CO)Oc1cc(Oc2ccc(S(C)(=O)=O)nc2)cc(-c2ccc(C3=C[C@@H](CO)CN3)[nH]2)c1. The van der Waals surface area contributed by atoms with Gasteiger partial charge in [-0.15, -0.1) is 0 Å². The minimum atomic E-state index is -3.41.